The molecule has 2 aromatic carbocycles. The zero-order valence-corrected chi connectivity index (χ0v) is 19.0. The zero-order chi connectivity index (χ0) is 22.7. The molecule has 0 aromatic heterocycles. The van der Waals surface area contributed by atoms with Gasteiger partial charge in [0.2, 0.25) is 21.8 Å². The molecule has 0 unspecified atom stereocenters. The van der Waals surface area contributed by atoms with Crippen LogP contribution in [0.2, 0.25) is 5.02 Å². The van der Waals surface area contributed by atoms with Gasteiger partial charge in [-0.1, -0.05) is 11.6 Å². The number of carbonyl (C=O) groups excluding carboxylic acids is 2. The molecule has 170 valence electrons. The standard InChI is InChI=1S/C22H24ClN3O5S/c23-17-4-6-18(7-5-17)24-21(27)15-26-20-9-8-19(14-16(20)2-1-3-22(26)28)32(29,30)25-10-12-31-13-11-25/h4-9,14H,1-3,10-13,15H2,(H,24,27). The van der Waals surface area contributed by atoms with Crippen LogP contribution in [0.15, 0.2) is 47.4 Å². The smallest absolute Gasteiger partial charge is 0.244 e. The van der Waals surface area contributed by atoms with Gasteiger partial charge in [-0.3, -0.25) is 9.59 Å². The summed E-state index contributed by atoms with van der Waals surface area (Å²) < 4.78 is 32.7. The van der Waals surface area contributed by atoms with E-state index in [4.69, 9.17) is 16.3 Å². The minimum Gasteiger partial charge on any atom is -0.379 e. The first-order valence-electron chi connectivity index (χ1n) is 10.4. The zero-order valence-electron chi connectivity index (χ0n) is 17.4. The van der Waals surface area contributed by atoms with Crippen molar-refractivity contribution in [2.45, 2.75) is 24.2 Å². The van der Waals surface area contributed by atoms with Gasteiger partial charge in [0.15, 0.2) is 0 Å². The van der Waals surface area contributed by atoms with Crippen molar-refractivity contribution in [2.24, 2.45) is 0 Å². The van der Waals surface area contributed by atoms with Crippen LogP contribution < -0.4 is 10.2 Å². The van der Waals surface area contributed by atoms with Gasteiger partial charge in [-0.25, -0.2) is 8.42 Å². The van der Waals surface area contributed by atoms with Crippen LogP contribution in [0.25, 0.3) is 0 Å². The van der Waals surface area contributed by atoms with Crippen molar-refractivity contribution >= 4 is 44.8 Å². The number of sulfonamides is 1. The summed E-state index contributed by atoms with van der Waals surface area (Å²) in [5.74, 6) is -0.516. The second-order valence-electron chi connectivity index (χ2n) is 7.70. The van der Waals surface area contributed by atoms with E-state index in [1.165, 1.54) is 15.3 Å². The van der Waals surface area contributed by atoms with E-state index in [0.29, 0.717) is 55.5 Å². The third-order valence-corrected chi connectivity index (χ3v) is 7.66. The number of aryl methyl sites for hydroxylation is 1. The Balaban J connectivity index is 1.57. The molecule has 0 spiro atoms. The molecule has 0 bridgehead atoms. The van der Waals surface area contributed by atoms with E-state index < -0.39 is 10.0 Å². The maximum absolute atomic E-state index is 13.0. The van der Waals surface area contributed by atoms with Crippen molar-refractivity contribution in [3.63, 3.8) is 0 Å². The minimum absolute atomic E-state index is 0.163. The van der Waals surface area contributed by atoms with Gasteiger partial charge < -0.3 is 15.0 Å². The highest BCUT2D eigenvalue weighted by molar-refractivity contribution is 7.89. The van der Waals surface area contributed by atoms with Gasteiger partial charge in [-0.05, 0) is 60.9 Å². The molecule has 2 aliphatic heterocycles. The number of carbonyl (C=O) groups is 2. The Labute approximate surface area is 192 Å². The quantitative estimate of drug-likeness (QED) is 0.714. The van der Waals surface area contributed by atoms with Crippen LogP contribution in [-0.2, 0) is 30.8 Å². The topological polar surface area (TPSA) is 96.0 Å². The molecule has 8 nitrogen and oxygen atoms in total. The highest BCUT2D eigenvalue weighted by Gasteiger charge is 2.29. The second kappa shape index (κ2) is 9.58. The first kappa shape index (κ1) is 22.7. The number of hydrogen-bond acceptors (Lipinski definition) is 5. The molecule has 4 rings (SSSR count). The van der Waals surface area contributed by atoms with Gasteiger partial charge >= 0.3 is 0 Å². The van der Waals surface area contributed by atoms with Gasteiger partial charge in [0.1, 0.15) is 6.54 Å². The molecule has 10 heteroatoms. The number of morpholine rings is 1. The number of ether oxygens (including phenoxy) is 1. The molecule has 0 radical (unpaired) electrons. The van der Waals surface area contributed by atoms with Gasteiger partial charge in [-0.15, -0.1) is 0 Å². The van der Waals surface area contributed by atoms with Crippen molar-refractivity contribution in [1.82, 2.24) is 4.31 Å². The number of anilines is 2. The summed E-state index contributed by atoms with van der Waals surface area (Å²) in [6.07, 6.45) is 1.43. The van der Waals surface area contributed by atoms with Crippen molar-refractivity contribution in [3.8, 4) is 0 Å². The van der Waals surface area contributed by atoms with Crippen molar-refractivity contribution in [3.05, 3.63) is 53.1 Å². The molecule has 2 heterocycles. The molecule has 2 amide bonds. The monoisotopic (exact) mass is 477 g/mol. The predicted octanol–water partition coefficient (Wildman–Crippen LogP) is 2.67. The first-order chi connectivity index (χ1) is 15.3. The Morgan fingerprint density at radius 2 is 1.78 bits per heavy atom. The highest BCUT2D eigenvalue weighted by atomic mass is 35.5. The number of benzene rings is 2. The van der Waals surface area contributed by atoms with E-state index in [0.717, 1.165) is 5.56 Å². The van der Waals surface area contributed by atoms with E-state index in [1.54, 1.807) is 36.4 Å². The number of nitrogens with one attached hydrogen (secondary N) is 1. The lowest BCUT2D eigenvalue weighted by Gasteiger charge is -2.27. The van der Waals surface area contributed by atoms with Crippen LogP contribution in [-0.4, -0.2) is 57.4 Å². The fourth-order valence-corrected chi connectivity index (χ4v) is 5.46. The first-order valence-corrected chi connectivity index (χ1v) is 12.2. The summed E-state index contributed by atoms with van der Waals surface area (Å²) in [5.41, 5.74) is 1.89. The van der Waals surface area contributed by atoms with Crippen LogP contribution >= 0.6 is 11.6 Å². The van der Waals surface area contributed by atoms with Crippen LogP contribution in [0, 0.1) is 0 Å². The van der Waals surface area contributed by atoms with Crippen LogP contribution in [0.4, 0.5) is 11.4 Å². The summed E-state index contributed by atoms with van der Waals surface area (Å²) in [6, 6.07) is 11.5. The van der Waals surface area contributed by atoms with E-state index in [1.807, 2.05) is 0 Å². The lowest BCUT2D eigenvalue weighted by atomic mass is 10.1. The number of rotatable bonds is 5. The number of fused-ring (bicyclic) bond motifs is 1. The molecule has 2 aliphatic rings. The Hall–Kier alpha value is -2.46. The van der Waals surface area contributed by atoms with E-state index >= 15 is 0 Å². The van der Waals surface area contributed by atoms with Gasteiger partial charge in [-0.2, -0.15) is 4.31 Å². The number of hydrogen-bond donors (Lipinski definition) is 1. The van der Waals surface area contributed by atoms with Crippen LogP contribution in [0.3, 0.4) is 0 Å². The van der Waals surface area contributed by atoms with E-state index in [-0.39, 0.29) is 29.7 Å². The van der Waals surface area contributed by atoms with Crippen LogP contribution in [0.1, 0.15) is 18.4 Å². The SMILES string of the molecule is O=C(CN1C(=O)CCCc2cc(S(=O)(=O)N3CCOCC3)ccc21)Nc1ccc(Cl)cc1. The summed E-state index contributed by atoms with van der Waals surface area (Å²) in [7, 11) is -3.65. The predicted molar refractivity (Wildman–Crippen MR) is 121 cm³/mol. The average Bonchev–Trinajstić information content (AvgIpc) is 2.94. The Bertz CT molecular complexity index is 1110. The summed E-state index contributed by atoms with van der Waals surface area (Å²) in [4.78, 5) is 27.0. The highest BCUT2D eigenvalue weighted by Crippen LogP contribution is 2.30. The Morgan fingerprint density at radius 3 is 2.50 bits per heavy atom. The van der Waals surface area contributed by atoms with E-state index in [9.17, 15) is 18.0 Å². The number of amides is 2. The fraction of sp³-hybridized carbons (Fsp3) is 0.364. The molecular weight excluding hydrogens is 454 g/mol. The van der Waals surface area contributed by atoms with Gasteiger partial charge in [0.25, 0.3) is 0 Å². The minimum atomic E-state index is -3.65. The lowest BCUT2D eigenvalue weighted by molar-refractivity contribution is -0.121. The van der Waals surface area contributed by atoms with Crippen molar-refractivity contribution in [2.75, 3.05) is 43.1 Å². The molecule has 0 atom stereocenters. The third kappa shape index (κ3) is 4.96. The molecule has 2 aromatic rings. The molecule has 1 saturated heterocycles. The Morgan fingerprint density at radius 1 is 1.06 bits per heavy atom. The van der Waals surface area contributed by atoms with Crippen molar-refractivity contribution < 1.29 is 22.7 Å². The molecule has 32 heavy (non-hydrogen) atoms. The molecule has 0 saturated carbocycles. The van der Waals surface area contributed by atoms with Crippen LogP contribution in [0.5, 0.6) is 0 Å². The summed E-state index contributed by atoms with van der Waals surface area (Å²) in [5, 5.41) is 3.32. The molecule has 1 N–H and O–H groups in total. The third-order valence-electron chi connectivity index (χ3n) is 5.52. The lowest BCUT2D eigenvalue weighted by Crippen LogP contribution is -2.40. The fourth-order valence-electron chi connectivity index (χ4n) is 3.87. The summed E-state index contributed by atoms with van der Waals surface area (Å²) in [6.45, 7) is 1.21. The number of nitrogens with zero attached hydrogens (tertiary/aromatic N) is 2. The Kier molecular flexibility index (Phi) is 6.80. The molecular formula is C22H24ClN3O5S. The maximum atomic E-state index is 13.0. The molecule has 1 fully saturated rings. The van der Waals surface area contributed by atoms with Crippen molar-refractivity contribution in [1.29, 1.82) is 0 Å². The van der Waals surface area contributed by atoms with E-state index in [2.05, 4.69) is 5.32 Å². The summed E-state index contributed by atoms with van der Waals surface area (Å²) >= 11 is 5.87. The average molecular weight is 478 g/mol. The maximum Gasteiger partial charge on any atom is 0.244 e. The van der Waals surface area contributed by atoms with Gasteiger partial charge in [0, 0.05) is 35.9 Å². The number of halogens is 1. The largest absolute Gasteiger partial charge is 0.379 e. The van der Waals surface area contributed by atoms with Gasteiger partial charge in [0.05, 0.1) is 18.1 Å². The normalized spacial score (nSPS) is 17.5. The second-order valence-corrected chi connectivity index (χ2v) is 10.1. The molecule has 0 aliphatic carbocycles.